The lowest BCUT2D eigenvalue weighted by molar-refractivity contribution is -0.143. The third-order valence-electron chi connectivity index (χ3n) is 3.60. The van der Waals surface area contributed by atoms with E-state index in [1.165, 1.54) is 11.0 Å². The maximum Gasteiger partial charge on any atom is 0.317 e. The number of carbonyl (C=O) groups excluding carboxylic acids is 1. The normalized spacial score (nSPS) is 17.7. The lowest BCUT2D eigenvalue weighted by Crippen LogP contribution is -2.47. The summed E-state index contributed by atoms with van der Waals surface area (Å²) in [5.74, 6) is -3.22. The lowest BCUT2D eigenvalue weighted by atomic mass is 9.99. The van der Waals surface area contributed by atoms with Gasteiger partial charge >= 0.3 is 12.0 Å². The fraction of sp³-hybridized carbons (Fsp3) is 0.467. The highest BCUT2D eigenvalue weighted by Gasteiger charge is 2.27. The number of aliphatic carboxylic acids is 1. The van der Waals surface area contributed by atoms with Gasteiger partial charge in [0.2, 0.25) is 0 Å². The number of ether oxygens (including phenoxy) is 1. The molecule has 1 aromatic carbocycles. The number of benzene rings is 1. The predicted octanol–water partition coefficient (Wildman–Crippen LogP) is 1.85. The summed E-state index contributed by atoms with van der Waals surface area (Å²) in [5.41, 5.74) is 0. The molecule has 0 aliphatic carbocycles. The molecular formula is C15H18F2N2O4. The number of carboxylic acid groups (broad SMARTS) is 1. The van der Waals surface area contributed by atoms with Gasteiger partial charge in [0.05, 0.1) is 12.5 Å². The number of amides is 2. The van der Waals surface area contributed by atoms with E-state index in [4.69, 9.17) is 9.84 Å². The van der Waals surface area contributed by atoms with E-state index in [0.29, 0.717) is 19.4 Å². The monoisotopic (exact) mass is 328 g/mol. The number of likely N-dealkylation sites (tertiary alicyclic amines) is 1. The first-order valence-electron chi connectivity index (χ1n) is 7.31. The Kier molecular flexibility index (Phi) is 5.72. The van der Waals surface area contributed by atoms with Crippen LogP contribution in [0.1, 0.15) is 12.8 Å². The van der Waals surface area contributed by atoms with E-state index in [1.807, 2.05) is 0 Å². The summed E-state index contributed by atoms with van der Waals surface area (Å²) in [5, 5.41) is 11.6. The van der Waals surface area contributed by atoms with Crippen LogP contribution < -0.4 is 10.1 Å². The van der Waals surface area contributed by atoms with Crippen molar-refractivity contribution in [2.24, 2.45) is 5.92 Å². The van der Waals surface area contributed by atoms with Gasteiger partial charge in [0.1, 0.15) is 12.4 Å². The Balaban J connectivity index is 1.72. The average molecular weight is 328 g/mol. The molecule has 1 saturated heterocycles. The molecular weight excluding hydrogens is 310 g/mol. The number of halogens is 2. The molecule has 6 nitrogen and oxygen atoms in total. The molecule has 1 aromatic rings. The van der Waals surface area contributed by atoms with Crippen LogP contribution in [0.25, 0.3) is 0 Å². The third-order valence-corrected chi connectivity index (χ3v) is 3.60. The van der Waals surface area contributed by atoms with Crippen LogP contribution in [0, 0.1) is 17.6 Å². The molecule has 23 heavy (non-hydrogen) atoms. The summed E-state index contributed by atoms with van der Waals surface area (Å²) < 4.78 is 30.9. The zero-order chi connectivity index (χ0) is 16.8. The molecule has 1 heterocycles. The van der Waals surface area contributed by atoms with Crippen molar-refractivity contribution in [2.45, 2.75) is 12.8 Å². The molecule has 8 heteroatoms. The standard InChI is InChI=1S/C15H18F2N2O4/c16-12-4-3-11(8-13(12)17)23-7-5-18-15(22)19-6-1-2-10(9-19)14(20)21/h3-4,8,10H,1-2,5-7,9H2,(H,18,22)(H,20,21). The molecule has 0 radical (unpaired) electrons. The van der Waals surface area contributed by atoms with Crippen LogP contribution >= 0.6 is 0 Å². The van der Waals surface area contributed by atoms with E-state index in [-0.39, 0.29) is 31.5 Å². The molecule has 1 aliphatic rings. The van der Waals surface area contributed by atoms with Gasteiger partial charge < -0.3 is 20.1 Å². The van der Waals surface area contributed by atoms with Crippen LogP contribution in [0.3, 0.4) is 0 Å². The maximum absolute atomic E-state index is 13.0. The smallest absolute Gasteiger partial charge is 0.317 e. The predicted molar refractivity (Wildman–Crippen MR) is 77.2 cm³/mol. The summed E-state index contributed by atoms with van der Waals surface area (Å²) in [4.78, 5) is 24.3. The summed E-state index contributed by atoms with van der Waals surface area (Å²) in [6.07, 6.45) is 1.22. The van der Waals surface area contributed by atoms with Crippen molar-refractivity contribution in [1.29, 1.82) is 0 Å². The van der Waals surface area contributed by atoms with Gasteiger partial charge in [-0.15, -0.1) is 0 Å². The van der Waals surface area contributed by atoms with Crippen LogP contribution in [0.2, 0.25) is 0 Å². The fourth-order valence-corrected chi connectivity index (χ4v) is 2.37. The van der Waals surface area contributed by atoms with Crippen molar-refractivity contribution < 1.29 is 28.2 Å². The van der Waals surface area contributed by atoms with Crippen molar-refractivity contribution >= 4 is 12.0 Å². The van der Waals surface area contributed by atoms with Gasteiger partial charge in [0.15, 0.2) is 11.6 Å². The molecule has 1 fully saturated rings. The van der Waals surface area contributed by atoms with E-state index >= 15 is 0 Å². The van der Waals surface area contributed by atoms with Crippen molar-refractivity contribution in [2.75, 3.05) is 26.2 Å². The number of hydrogen-bond acceptors (Lipinski definition) is 3. The highest BCUT2D eigenvalue weighted by Crippen LogP contribution is 2.17. The molecule has 1 aliphatic heterocycles. The van der Waals surface area contributed by atoms with Gasteiger partial charge in [0, 0.05) is 19.2 Å². The number of nitrogens with one attached hydrogen (secondary N) is 1. The molecule has 0 saturated carbocycles. The molecule has 0 bridgehead atoms. The summed E-state index contributed by atoms with van der Waals surface area (Å²) in [6, 6.07) is 2.83. The fourth-order valence-electron chi connectivity index (χ4n) is 2.37. The van der Waals surface area contributed by atoms with E-state index in [0.717, 1.165) is 12.1 Å². The molecule has 0 aromatic heterocycles. The Morgan fingerprint density at radius 2 is 2.13 bits per heavy atom. The number of nitrogens with zero attached hydrogens (tertiary/aromatic N) is 1. The Labute approximate surface area is 132 Å². The molecule has 2 N–H and O–H groups in total. The summed E-state index contributed by atoms with van der Waals surface area (Å²) in [6.45, 7) is 0.962. The SMILES string of the molecule is O=C(O)C1CCCN(C(=O)NCCOc2ccc(F)c(F)c2)C1. The Morgan fingerprint density at radius 3 is 2.83 bits per heavy atom. The molecule has 126 valence electrons. The highest BCUT2D eigenvalue weighted by atomic mass is 19.2. The minimum Gasteiger partial charge on any atom is -0.492 e. The quantitative estimate of drug-likeness (QED) is 0.809. The number of urea groups is 1. The number of piperidine rings is 1. The van der Waals surface area contributed by atoms with E-state index in [1.54, 1.807) is 0 Å². The molecule has 1 unspecified atom stereocenters. The van der Waals surface area contributed by atoms with Crippen LogP contribution in [0.5, 0.6) is 5.75 Å². The van der Waals surface area contributed by atoms with Crippen molar-refractivity contribution in [3.8, 4) is 5.75 Å². The van der Waals surface area contributed by atoms with Gasteiger partial charge in [-0.25, -0.2) is 13.6 Å². The summed E-state index contributed by atoms with van der Waals surface area (Å²) in [7, 11) is 0. The van der Waals surface area contributed by atoms with Gasteiger partial charge in [-0.3, -0.25) is 4.79 Å². The van der Waals surface area contributed by atoms with Crippen molar-refractivity contribution in [3.63, 3.8) is 0 Å². The number of rotatable bonds is 5. The van der Waals surface area contributed by atoms with E-state index < -0.39 is 23.5 Å². The summed E-state index contributed by atoms with van der Waals surface area (Å²) >= 11 is 0. The molecule has 0 spiro atoms. The zero-order valence-corrected chi connectivity index (χ0v) is 12.4. The first kappa shape index (κ1) is 17.0. The minimum atomic E-state index is -1.00. The van der Waals surface area contributed by atoms with Crippen LogP contribution in [-0.2, 0) is 4.79 Å². The van der Waals surface area contributed by atoms with Gasteiger partial charge in [-0.1, -0.05) is 0 Å². The number of carboxylic acids is 1. The first-order valence-corrected chi connectivity index (χ1v) is 7.31. The maximum atomic E-state index is 13.0. The highest BCUT2D eigenvalue weighted by molar-refractivity contribution is 5.76. The van der Waals surface area contributed by atoms with Crippen molar-refractivity contribution in [1.82, 2.24) is 10.2 Å². The van der Waals surface area contributed by atoms with Crippen LogP contribution in [0.15, 0.2) is 18.2 Å². The van der Waals surface area contributed by atoms with E-state index in [2.05, 4.69) is 5.32 Å². The van der Waals surface area contributed by atoms with E-state index in [9.17, 15) is 18.4 Å². The van der Waals surface area contributed by atoms with Crippen LogP contribution in [-0.4, -0.2) is 48.2 Å². The van der Waals surface area contributed by atoms with Gasteiger partial charge in [0.25, 0.3) is 0 Å². The number of carbonyl (C=O) groups is 2. The molecule has 2 rings (SSSR count). The average Bonchev–Trinajstić information content (AvgIpc) is 2.54. The minimum absolute atomic E-state index is 0.0903. The number of hydrogen-bond donors (Lipinski definition) is 2. The van der Waals surface area contributed by atoms with Crippen molar-refractivity contribution in [3.05, 3.63) is 29.8 Å². The molecule has 1 atom stereocenters. The molecule has 2 amide bonds. The Bertz CT molecular complexity index is 583. The Hall–Kier alpha value is -2.38. The lowest BCUT2D eigenvalue weighted by Gasteiger charge is -2.30. The third kappa shape index (κ3) is 4.80. The van der Waals surface area contributed by atoms with Gasteiger partial charge in [-0.05, 0) is 25.0 Å². The second-order valence-electron chi connectivity index (χ2n) is 5.28. The largest absolute Gasteiger partial charge is 0.492 e. The van der Waals surface area contributed by atoms with Crippen LogP contribution in [0.4, 0.5) is 13.6 Å². The zero-order valence-electron chi connectivity index (χ0n) is 12.4. The topological polar surface area (TPSA) is 78.9 Å². The second-order valence-corrected chi connectivity index (χ2v) is 5.28. The Morgan fingerprint density at radius 1 is 1.35 bits per heavy atom. The first-order chi connectivity index (χ1) is 11.0. The van der Waals surface area contributed by atoms with Gasteiger partial charge in [-0.2, -0.15) is 0 Å². The second kappa shape index (κ2) is 7.75.